The van der Waals surface area contributed by atoms with Crippen LogP contribution in [0.4, 0.5) is 5.69 Å². The third kappa shape index (κ3) is 3.19. The maximum Gasteiger partial charge on any atom is 0.249 e. The van der Waals surface area contributed by atoms with Crippen LogP contribution < -0.4 is 10.2 Å². The summed E-state index contributed by atoms with van der Waals surface area (Å²) < 4.78 is 0.996. The van der Waals surface area contributed by atoms with Crippen LogP contribution in [0, 0.1) is 6.92 Å². The minimum atomic E-state index is -0.596. The summed E-state index contributed by atoms with van der Waals surface area (Å²) in [5.74, 6) is -0.642. The number of anilines is 1. The van der Waals surface area contributed by atoms with Gasteiger partial charge in [0.1, 0.15) is 12.6 Å². The largest absolute Gasteiger partial charge is 0.387 e. The number of nitrogens with zero attached hydrogens (tertiary/aromatic N) is 1. The lowest BCUT2D eigenvalue weighted by molar-refractivity contribution is -0.130. The van der Waals surface area contributed by atoms with Gasteiger partial charge in [-0.1, -0.05) is 15.9 Å². The van der Waals surface area contributed by atoms with Gasteiger partial charge in [-0.2, -0.15) is 0 Å². The van der Waals surface area contributed by atoms with Gasteiger partial charge in [-0.05, 0) is 43.5 Å². The molecule has 1 heterocycles. The average Bonchev–Trinajstić information content (AvgIpc) is 2.44. The van der Waals surface area contributed by atoms with E-state index in [0.717, 1.165) is 22.1 Å². The second-order valence-corrected chi connectivity index (χ2v) is 5.70. The first-order chi connectivity index (χ1) is 9.52. The molecule has 0 aromatic heterocycles. The summed E-state index contributed by atoms with van der Waals surface area (Å²) in [5, 5.41) is 11.3. The van der Waals surface area contributed by atoms with E-state index < -0.39 is 18.6 Å². The number of benzene rings is 1. The molecule has 0 bridgehead atoms. The fraction of sp³-hybridized carbons (Fsp3) is 0.429. The van der Waals surface area contributed by atoms with E-state index in [4.69, 9.17) is 5.11 Å². The number of rotatable bonds is 3. The molecule has 2 rings (SSSR count). The molecule has 1 atom stereocenters. The highest BCUT2D eigenvalue weighted by molar-refractivity contribution is 9.10. The third-order valence-electron chi connectivity index (χ3n) is 3.37. The number of hydrogen-bond donors (Lipinski definition) is 2. The second-order valence-electron chi connectivity index (χ2n) is 4.84. The Morgan fingerprint density at radius 3 is 2.95 bits per heavy atom. The molecular weight excluding hydrogens is 324 g/mol. The van der Waals surface area contributed by atoms with Gasteiger partial charge in [-0.3, -0.25) is 9.59 Å². The van der Waals surface area contributed by atoms with Gasteiger partial charge in [0.2, 0.25) is 11.8 Å². The molecule has 1 aromatic rings. The molecule has 20 heavy (non-hydrogen) atoms. The molecule has 0 unspecified atom stereocenters. The van der Waals surface area contributed by atoms with Crippen LogP contribution in [-0.4, -0.2) is 36.1 Å². The van der Waals surface area contributed by atoms with Gasteiger partial charge in [-0.15, -0.1) is 0 Å². The predicted molar refractivity (Wildman–Crippen MR) is 79.5 cm³/mol. The summed E-state index contributed by atoms with van der Waals surface area (Å²) in [6.07, 6.45) is 1.42. The number of aliphatic hydroxyl groups excluding tert-OH is 1. The van der Waals surface area contributed by atoms with Gasteiger partial charge in [-0.25, -0.2) is 0 Å². The van der Waals surface area contributed by atoms with Crippen molar-refractivity contribution in [3.8, 4) is 0 Å². The van der Waals surface area contributed by atoms with E-state index in [1.165, 1.54) is 0 Å². The van der Waals surface area contributed by atoms with Crippen LogP contribution in [0.5, 0.6) is 0 Å². The lowest BCUT2D eigenvalue weighted by Gasteiger charge is -2.32. The van der Waals surface area contributed by atoms with Gasteiger partial charge in [0, 0.05) is 16.7 Å². The van der Waals surface area contributed by atoms with E-state index in [9.17, 15) is 9.59 Å². The summed E-state index contributed by atoms with van der Waals surface area (Å²) in [6.45, 7) is 2.01. The Balaban J connectivity index is 2.17. The van der Waals surface area contributed by atoms with Crippen molar-refractivity contribution in [1.82, 2.24) is 5.32 Å². The van der Waals surface area contributed by atoms with Crippen molar-refractivity contribution >= 4 is 33.4 Å². The maximum atomic E-state index is 12.4. The highest BCUT2D eigenvalue weighted by Gasteiger charge is 2.30. The van der Waals surface area contributed by atoms with Crippen LogP contribution in [0.3, 0.4) is 0 Å². The summed E-state index contributed by atoms with van der Waals surface area (Å²) >= 11 is 3.43. The minimum Gasteiger partial charge on any atom is -0.387 e. The quantitative estimate of drug-likeness (QED) is 0.872. The van der Waals surface area contributed by atoms with E-state index in [1.807, 2.05) is 25.1 Å². The number of aliphatic hydroxyl groups is 1. The van der Waals surface area contributed by atoms with Crippen LogP contribution in [0.25, 0.3) is 0 Å². The van der Waals surface area contributed by atoms with E-state index in [1.54, 1.807) is 4.90 Å². The van der Waals surface area contributed by atoms with Crippen molar-refractivity contribution in [2.24, 2.45) is 0 Å². The Morgan fingerprint density at radius 2 is 2.30 bits per heavy atom. The molecule has 1 aromatic carbocycles. The first kappa shape index (κ1) is 15.0. The number of amides is 2. The van der Waals surface area contributed by atoms with Crippen LogP contribution in [0.1, 0.15) is 18.4 Å². The maximum absolute atomic E-state index is 12.4. The number of hydrogen-bond acceptors (Lipinski definition) is 3. The smallest absolute Gasteiger partial charge is 0.249 e. The SMILES string of the molecule is Cc1cc(N2CCC[C@H](NC(=O)CO)C2=O)ccc1Br. The topological polar surface area (TPSA) is 69.6 Å². The normalized spacial score (nSPS) is 19.1. The molecule has 0 radical (unpaired) electrons. The van der Waals surface area contributed by atoms with Crippen molar-refractivity contribution in [3.63, 3.8) is 0 Å². The van der Waals surface area contributed by atoms with Gasteiger partial charge >= 0.3 is 0 Å². The van der Waals surface area contributed by atoms with Crippen molar-refractivity contribution in [1.29, 1.82) is 0 Å². The molecule has 1 saturated heterocycles. The molecule has 0 aliphatic carbocycles. The first-order valence-electron chi connectivity index (χ1n) is 6.50. The van der Waals surface area contributed by atoms with Crippen LogP contribution in [-0.2, 0) is 9.59 Å². The van der Waals surface area contributed by atoms with Crippen LogP contribution in [0.15, 0.2) is 22.7 Å². The standard InChI is InChI=1S/C14H17BrN2O3/c1-9-7-10(4-5-11(9)15)17-6-2-3-12(14(17)20)16-13(19)8-18/h4-5,7,12,18H,2-3,6,8H2,1H3,(H,16,19)/t12-/m0/s1. The highest BCUT2D eigenvalue weighted by Crippen LogP contribution is 2.26. The predicted octanol–water partition coefficient (Wildman–Crippen LogP) is 1.36. The number of nitrogens with one attached hydrogen (secondary N) is 1. The molecule has 108 valence electrons. The number of carbonyl (C=O) groups excluding carboxylic acids is 2. The monoisotopic (exact) mass is 340 g/mol. The third-order valence-corrected chi connectivity index (χ3v) is 4.26. The molecule has 1 aliphatic heterocycles. The first-order valence-corrected chi connectivity index (χ1v) is 7.30. The summed E-state index contributed by atoms with van der Waals surface area (Å²) in [4.78, 5) is 25.3. The van der Waals surface area contributed by atoms with E-state index in [2.05, 4.69) is 21.2 Å². The number of halogens is 1. The molecule has 0 saturated carbocycles. The Kier molecular flexibility index (Phi) is 4.77. The fourth-order valence-corrected chi connectivity index (χ4v) is 2.55. The van der Waals surface area contributed by atoms with E-state index in [-0.39, 0.29) is 5.91 Å². The number of piperidine rings is 1. The minimum absolute atomic E-state index is 0.125. The summed E-state index contributed by atoms with van der Waals surface area (Å²) in [5.41, 5.74) is 1.88. The Labute approximate surface area is 126 Å². The van der Waals surface area contributed by atoms with Gasteiger partial charge in [0.25, 0.3) is 0 Å². The number of carbonyl (C=O) groups is 2. The van der Waals surface area contributed by atoms with Crippen molar-refractivity contribution in [2.45, 2.75) is 25.8 Å². The molecule has 2 N–H and O–H groups in total. The molecule has 6 heteroatoms. The van der Waals surface area contributed by atoms with Crippen molar-refractivity contribution in [2.75, 3.05) is 18.1 Å². The van der Waals surface area contributed by atoms with Gasteiger partial charge in [0.05, 0.1) is 0 Å². The summed E-state index contributed by atoms with van der Waals surface area (Å²) in [6, 6.07) is 5.18. The van der Waals surface area contributed by atoms with Crippen molar-refractivity contribution < 1.29 is 14.7 Å². The zero-order valence-electron chi connectivity index (χ0n) is 11.2. The van der Waals surface area contributed by atoms with E-state index >= 15 is 0 Å². The van der Waals surface area contributed by atoms with E-state index in [0.29, 0.717) is 13.0 Å². The summed E-state index contributed by atoms with van der Waals surface area (Å²) in [7, 11) is 0. The van der Waals surface area contributed by atoms with Gasteiger partial charge in [0.15, 0.2) is 0 Å². The number of aryl methyl sites for hydroxylation is 1. The Bertz CT molecular complexity index is 533. The second kappa shape index (κ2) is 6.37. The Hall–Kier alpha value is -1.40. The molecule has 2 amide bonds. The van der Waals surface area contributed by atoms with Crippen LogP contribution in [0.2, 0.25) is 0 Å². The molecular formula is C14H17BrN2O3. The zero-order valence-corrected chi connectivity index (χ0v) is 12.8. The van der Waals surface area contributed by atoms with Gasteiger partial charge < -0.3 is 15.3 Å². The van der Waals surface area contributed by atoms with Crippen LogP contribution >= 0.6 is 15.9 Å². The average molecular weight is 341 g/mol. The molecule has 5 nitrogen and oxygen atoms in total. The zero-order chi connectivity index (χ0) is 14.7. The molecule has 0 spiro atoms. The fourth-order valence-electron chi connectivity index (χ4n) is 2.30. The van der Waals surface area contributed by atoms with Crippen molar-refractivity contribution in [3.05, 3.63) is 28.2 Å². The molecule has 1 aliphatic rings. The Morgan fingerprint density at radius 1 is 1.55 bits per heavy atom. The lowest BCUT2D eigenvalue weighted by Crippen LogP contribution is -2.53. The highest BCUT2D eigenvalue weighted by atomic mass is 79.9. The molecule has 1 fully saturated rings. The lowest BCUT2D eigenvalue weighted by atomic mass is 10.0.